The van der Waals surface area contributed by atoms with Gasteiger partial charge in [0.25, 0.3) is 5.91 Å². The average Bonchev–Trinajstić information content (AvgIpc) is 3.18. The standard InChI is InChI=1S/C23H26N4O2/c1-18-24-11-12-27(18)17-19-3-5-20(6-4-19)23(28)26-15-13-25(14-16-26)21-7-9-22(29-2)10-8-21/h3-12H,13-17H2,1-2H3. The minimum atomic E-state index is 0.102. The average molecular weight is 390 g/mol. The molecule has 0 atom stereocenters. The van der Waals surface area contributed by atoms with Crippen LogP contribution in [-0.4, -0.2) is 53.6 Å². The molecule has 4 rings (SSSR count). The number of anilines is 1. The number of aromatic nitrogens is 2. The number of rotatable bonds is 5. The number of carbonyl (C=O) groups is 1. The molecular weight excluding hydrogens is 364 g/mol. The molecule has 1 aromatic heterocycles. The molecule has 1 fully saturated rings. The second-order valence-corrected chi connectivity index (χ2v) is 7.28. The summed E-state index contributed by atoms with van der Waals surface area (Å²) in [6.07, 6.45) is 3.77. The first-order valence-electron chi connectivity index (χ1n) is 9.89. The van der Waals surface area contributed by atoms with Gasteiger partial charge in [-0.2, -0.15) is 0 Å². The Morgan fingerprint density at radius 1 is 1.00 bits per heavy atom. The van der Waals surface area contributed by atoms with Crippen LogP contribution < -0.4 is 9.64 Å². The Bertz CT molecular complexity index is 955. The van der Waals surface area contributed by atoms with Crippen molar-refractivity contribution < 1.29 is 9.53 Å². The maximum Gasteiger partial charge on any atom is 0.253 e. The SMILES string of the molecule is COc1ccc(N2CCN(C(=O)c3ccc(Cn4ccnc4C)cc3)CC2)cc1. The zero-order valence-electron chi connectivity index (χ0n) is 16.9. The van der Waals surface area contributed by atoms with Crippen molar-refractivity contribution in [3.05, 3.63) is 77.9 Å². The molecule has 0 radical (unpaired) electrons. The third-order valence-corrected chi connectivity index (χ3v) is 5.48. The Balaban J connectivity index is 1.34. The van der Waals surface area contributed by atoms with E-state index in [9.17, 15) is 4.79 Å². The van der Waals surface area contributed by atoms with E-state index < -0.39 is 0 Å². The van der Waals surface area contributed by atoms with E-state index in [1.807, 2.05) is 54.4 Å². The highest BCUT2D eigenvalue weighted by atomic mass is 16.5. The first-order chi connectivity index (χ1) is 14.1. The summed E-state index contributed by atoms with van der Waals surface area (Å²) in [6, 6.07) is 16.0. The topological polar surface area (TPSA) is 50.6 Å². The van der Waals surface area contributed by atoms with Gasteiger partial charge in [0.2, 0.25) is 0 Å². The lowest BCUT2D eigenvalue weighted by atomic mass is 10.1. The third kappa shape index (κ3) is 4.26. The van der Waals surface area contributed by atoms with Crippen LogP contribution in [0.2, 0.25) is 0 Å². The Morgan fingerprint density at radius 3 is 2.28 bits per heavy atom. The van der Waals surface area contributed by atoms with Crippen molar-refractivity contribution in [2.24, 2.45) is 0 Å². The van der Waals surface area contributed by atoms with Gasteiger partial charge in [0.1, 0.15) is 11.6 Å². The van der Waals surface area contributed by atoms with E-state index in [1.54, 1.807) is 13.3 Å². The van der Waals surface area contributed by atoms with Gasteiger partial charge in [-0.1, -0.05) is 12.1 Å². The monoisotopic (exact) mass is 390 g/mol. The molecule has 0 N–H and O–H groups in total. The summed E-state index contributed by atoms with van der Waals surface area (Å²) in [5.41, 5.74) is 3.07. The smallest absolute Gasteiger partial charge is 0.253 e. The molecule has 29 heavy (non-hydrogen) atoms. The van der Waals surface area contributed by atoms with Crippen molar-refractivity contribution in [1.29, 1.82) is 0 Å². The van der Waals surface area contributed by atoms with Crippen molar-refractivity contribution in [2.75, 3.05) is 38.2 Å². The molecule has 1 amide bonds. The largest absolute Gasteiger partial charge is 0.497 e. The number of aryl methyl sites for hydroxylation is 1. The highest BCUT2D eigenvalue weighted by molar-refractivity contribution is 5.94. The van der Waals surface area contributed by atoms with Crippen LogP contribution in [-0.2, 0) is 6.54 Å². The summed E-state index contributed by atoms with van der Waals surface area (Å²) in [5.74, 6) is 1.94. The molecule has 1 aliphatic rings. The predicted octanol–water partition coefficient (Wildman–Crippen LogP) is 3.21. The molecule has 0 aliphatic carbocycles. The summed E-state index contributed by atoms with van der Waals surface area (Å²) in [7, 11) is 1.67. The fourth-order valence-corrected chi connectivity index (χ4v) is 3.66. The van der Waals surface area contributed by atoms with Crippen LogP contribution in [0.1, 0.15) is 21.7 Å². The number of imidazole rings is 1. The van der Waals surface area contributed by atoms with Crippen molar-refractivity contribution in [2.45, 2.75) is 13.5 Å². The van der Waals surface area contributed by atoms with Gasteiger partial charge in [-0.25, -0.2) is 4.98 Å². The van der Waals surface area contributed by atoms with E-state index in [0.717, 1.165) is 61.1 Å². The molecular formula is C23H26N4O2. The van der Waals surface area contributed by atoms with E-state index in [2.05, 4.69) is 26.6 Å². The molecule has 6 nitrogen and oxygen atoms in total. The maximum absolute atomic E-state index is 12.9. The van der Waals surface area contributed by atoms with Gasteiger partial charge in [0, 0.05) is 56.4 Å². The third-order valence-electron chi connectivity index (χ3n) is 5.48. The van der Waals surface area contributed by atoms with Gasteiger partial charge in [-0.05, 0) is 48.9 Å². The van der Waals surface area contributed by atoms with Crippen molar-refractivity contribution in [1.82, 2.24) is 14.5 Å². The fraction of sp³-hybridized carbons (Fsp3) is 0.304. The number of nitrogens with zero attached hydrogens (tertiary/aromatic N) is 4. The summed E-state index contributed by atoms with van der Waals surface area (Å²) < 4.78 is 7.31. The van der Waals surface area contributed by atoms with Gasteiger partial charge in [-0.3, -0.25) is 4.79 Å². The van der Waals surface area contributed by atoms with Gasteiger partial charge in [0.15, 0.2) is 0 Å². The lowest BCUT2D eigenvalue weighted by Crippen LogP contribution is -2.48. The molecule has 0 spiro atoms. The molecule has 6 heteroatoms. The first kappa shape index (κ1) is 19.1. The van der Waals surface area contributed by atoms with Crippen LogP contribution in [0.25, 0.3) is 0 Å². The van der Waals surface area contributed by atoms with E-state index in [-0.39, 0.29) is 5.91 Å². The number of piperazine rings is 1. The number of hydrogen-bond acceptors (Lipinski definition) is 4. The van der Waals surface area contributed by atoms with E-state index in [0.29, 0.717) is 0 Å². The summed E-state index contributed by atoms with van der Waals surface area (Å²) in [4.78, 5) is 21.4. The number of methoxy groups -OCH3 is 1. The van der Waals surface area contributed by atoms with E-state index in [4.69, 9.17) is 4.74 Å². The minimum Gasteiger partial charge on any atom is -0.497 e. The van der Waals surface area contributed by atoms with Crippen molar-refractivity contribution in [3.63, 3.8) is 0 Å². The van der Waals surface area contributed by atoms with Gasteiger partial charge < -0.3 is 19.1 Å². The van der Waals surface area contributed by atoms with Crippen LogP contribution in [0.3, 0.4) is 0 Å². The van der Waals surface area contributed by atoms with Crippen molar-refractivity contribution in [3.8, 4) is 5.75 Å². The molecule has 0 bridgehead atoms. The number of amides is 1. The van der Waals surface area contributed by atoms with Crippen LogP contribution in [0.4, 0.5) is 5.69 Å². The van der Waals surface area contributed by atoms with E-state index in [1.165, 1.54) is 0 Å². The van der Waals surface area contributed by atoms with Gasteiger partial charge in [0.05, 0.1) is 7.11 Å². The van der Waals surface area contributed by atoms with Crippen LogP contribution in [0.5, 0.6) is 5.75 Å². The lowest BCUT2D eigenvalue weighted by molar-refractivity contribution is 0.0747. The second-order valence-electron chi connectivity index (χ2n) is 7.28. The zero-order valence-corrected chi connectivity index (χ0v) is 16.9. The summed E-state index contributed by atoms with van der Waals surface area (Å²) in [6.45, 7) is 5.86. The number of hydrogen-bond donors (Lipinski definition) is 0. The quantitative estimate of drug-likeness (QED) is 0.671. The molecule has 2 aromatic carbocycles. The normalized spacial score (nSPS) is 14.1. The molecule has 0 saturated carbocycles. The first-order valence-corrected chi connectivity index (χ1v) is 9.89. The highest BCUT2D eigenvalue weighted by Gasteiger charge is 2.22. The Hall–Kier alpha value is -3.28. The summed E-state index contributed by atoms with van der Waals surface area (Å²) >= 11 is 0. The second kappa shape index (κ2) is 8.39. The van der Waals surface area contributed by atoms with Crippen LogP contribution in [0, 0.1) is 6.92 Å². The minimum absolute atomic E-state index is 0.102. The van der Waals surface area contributed by atoms with Gasteiger partial charge >= 0.3 is 0 Å². The Labute approximate surface area is 171 Å². The molecule has 2 heterocycles. The molecule has 150 valence electrons. The molecule has 1 aliphatic heterocycles. The van der Waals surface area contributed by atoms with Crippen LogP contribution >= 0.6 is 0 Å². The number of carbonyl (C=O) groups excluding carboxylic acids is 1. The zero-order chi connectivity index (χ0) is 20.2. The summed E-state index contributed by atoms with van der Waals surface area (Å²) in [5, 5.41) is 0. The predicted molar refractivity (Wildman–Crippen MR) is 114 cm³/mol. The highest BCUT2D eigenvalue weighted by Crippen LogP contribution is 2.21. The van der Waals surface area contributed by atoms with Crippen LogP contribution in [0.15, 0.2) is 60.9 Å². The number of ether oxygens (including phenoxy) is 1. The van der Waals surface area contributed by atoms with Gasteiger partial charge in [-0.15, -0.1) is 0 Å². The molecule has 0 unspecified atom stereocenters. The number of benzene rings is 2. The molecule has 3 aromatic rings. The van der Waals surface area contributed by atoms with Crippen molar-refractivity contribution >= 4 is 11.6 Å². The Kier molecular flexibility index (Phi) is 5.51. The molecule has 1 saturated heterocycles. The fourth-order valence-electron chi connectivity index (χ4n) is 3.66. The van der Waals surface area contributed by atoms with E-state index >= 15 is 0 Å². The Morgan fingerprint density at radius 2 is 1.69 bits per heavy atom. The lowest BCUT2D eigenvalue weighted by Gasteiger charge is -2.36. The maximum atomic E-state index is 12.9.